The van der Waals surface area contributed by atoms with Gasteiger partial charge in [-0.3, -0.25) is 19.0 Å². The number of nitrogens with zero attached hydrogens (tertiary/aromatic N) is 5. The number of anilines is 1. The minimum Gasteiger partial charge on any atom is -0.365 e. The van der Waals surface area contributed by atoms with Gasteiger partial charge in [-0.2, -0.15) is 10.2 Å². The van der Waals surface area contributed by atoms with Crippen molar-refractivity contribution in [1.29, 1.82) is 0 Å². The number of hydrogen-bond donors (Lipinski definition) is 2. The number of rotatable bonds is 7. The summed E-state index contributed by atoms with van der Waals surface area (Å²) in [4.78, 5) is 29.3. The molecule has 0 atom stereocenters. The Labute approximate surface area is 197 Å². The molecule has 12 heteroatoms. The van der Waals surface area contributed by atoms with E-state index < -0.39 is 18.0 Å². The van der Waals surface area contributed by atoms with E-state index in [1.807, 2.05) is 19.9 Å². The molecule has 4 heterocycles. The van der Waals surface area contributed by atoms with E-state index in [1.54, 1.807) is 29.5 Å². The highest BCUT2D eigenvalue weighted by atomic mass is 32.1. The minimum absolute atomic E-state index is 0.0381. The first-order valence-electron chi connectivity index (χ1n) is 10.4. The van der Waals surface area contributed by atoms with Crippen LogP contribution in [0.4, 0.5) is 14.5 Å². The third-order valence-electron chi connectivity index (χ3n) is 5.35. The standard InChI is InChI=1S/C22H23F2N7O2S/c1-10-7-11(2)31(28-10)6-5-16(32)27-18-17-13(14-9-30(4)29-12(14)3)8-15(20(23)24)26-22(17)34-19(18)21(25)33/h7-9,20H,5-6H2,1-4H3,(H2,25,33)(H,27,32). The number of carbonyl (C=O) groups excluding carboxylic acids is 2. The zero-order valence-electron chi connectivity index (χ0n) is 19.0. The summed E-state index contributed by atoms with van der Waals surface area (Å²) in [6.45, 7) is 5.84. The van der Waals surface area contributed by atoms with Crippen LogP contribution >= 0.6 is 11.3 Å². The summed E-state index contributed by atoms with van der Waals surface area (Å²) < 4.78 is 30.5. The highest BCUT2D eigenvalue weighted by molar-refractivity contribution is 7.21. The molecule has 34 heavy (non-hydrogen) atoms. The van der Waals surface area contributed by atoms with Crippen molar-refractivity contribution in [3.63, 3.8) is 0 Å². The van der Waals surface area contributed by atoms with E-state index >= 15 is 0 Å². The first kappa shape index (κ1) is 23.5. The molecular weight excluding hydrogens is 464 g/mol. The third kappa shape index (κ3) is 4.40. The summed E-state index contributed by atoms with van der Waals surface area (Å²) in [5.74, 6) is -1.16. The highest BCUT2D eigenvalue weighted by Crippen LogP contribution is 2.43. The molecule has 9 nitrogen and oxygen atoms in total. The number of aromatic nitrogens is 5. The van der Waals surface area contributed by atoms with Crippen LogP contribution in [0.3, 0.4) is 0 Å². The number of alkyl halides is 2. The van der Waals surface area contributed by atoms with Gasteiger partial charge >= 0.3 is 0 Å². The number of primary amides is 1. The second-order valence-electron chi connectivity index (χ2n) is 8.00. The van der Waals surface area contributed by atoms with Gasteiger partial charge in [0.15, 0.2) is 0 Å². The van der Waals surface area contributed by atoms with Gasteiger partial charge in [0.05, 0.1) is 17.1 Å². The van der Waals surface area contributed by atoms with E-state index in [0.29, 0.717) is 28.8 Å². The van der Waals surface area contributed by atoms with E-state index in [-0.39, 0.29) is 27.7 Å². The number of halogens is 2. The molecule has 0 saturated carbocycles. The SMILES string of the molecule is Cc1cc(C)n(CCC(=O)Nc2c(C(N)=O)sc3nc(C(F)F)cc(-c4cn(C)nc4C)c23)n1. The van der Waals surface area contributed by atoms with Gasteiger partial charge < -0.3 is 11.1 Å². The molecule has 0 saturated heterocycles. The van der Waals surface area contributed by atoms with Crippen molar-refractivity contribution < 1.29 is 18.4 Å². The molecule has 3 N–H and O–H groups in total. The second-order valence-corrected chi connectivity index (χ2v) is 9.00. The number of carbonyl (C=O) groups is 2. The van der Waals surface area contributed by atoms with Crippen molar-refractivity contribution in [2.45, 2.75) is 40.2 Å². The van der Waals surface area contributed by atoms with E-state index in [0.717, 1.165) is 22.7 Å². The molecule has 0 aliphatic heterocycles. The number of hydrogen-bond acceptors (Lipinski definition) is 6. The number of fused-ring (bicyclic) bond motifs is 1. The van der Waals surface area contributed by atoms with Gasteiger partial charge in [0.25, 0.3) is 12.3 Å². The van der Waals surface area contributed by atoms with Crippen LogP contribution in [0.1, 0.15) is 45.3 Å². The highest BCUT2D eigenvalue weighted by Gasteiger charge is 2.26. The Hall–Kier alpha value is -3.67. The van der Waals surface area contributed by atoms with Crippen LogP contribution in [0.5, 0.6) is 0 Å². The molecule has 0 aromatic carbocycles. The fourth-order valence-corrected chi connectivity index (χ4v) is 4.92. The lowest BCUT2D eigenvalue weighted by Gasteiger charge is -2.11. The Morgan fingerprint density at radius 1 is 1.18 bits per heavy atom. The summed E-state index contributed by atoms with van der Waals surface area (Å²) in [7, 11) is 1.72. The first-order valence-corrected chi connectivity index (χ1v) is 11.2. The Morgan fingerprint density at radius 3 is 2.47 bits per heavy atom. The van der Waals surface area contributed by atoms with Crippen LogP contribution in [-0.2, 0) is 18.4 Å². The summed E-state index contributed by atoms with van der Waals surface area (Å²) in [5.41, 5.74) is 8.64. The van der Waals surface area contributed by atoms with E-state index in [2.05, 4.69) is 20.5 Å². The molecule has 0 radical (unpaired) electrons. The molecular formula is C22H23F2N7O2S. The summed E-state index contributed by atoms with van der Waals surface area (Å²) in [6, 6.07) is 3.17. The van der Waals surface area contributed by atoms with E-state index in [9.17, 15) is 18.4 Å². The van der Waals surface area contributed by atoms with Gasteiger partial charge in [-0.05, 0) is 38.5 Å². The predicted molar refractivity (Wildman–Crippen MR) is 125 cm³/mol. The zero-order valence-corrected chi connectivity index (χ0v) is 19.8. The summed E-state index contributed by atoms with van der Waals surface area (Å²) >= 11 is 0.869. The molecule has 4 aromatic rings. The summed E-state index contributed by atoms with van der Waals surface area (Å²) in [6.07, 6.45) is -1.05. The Bertz CT molecular complexity index is 1420. The number of aryl methyl sites for hydroxylation is 5. The van der Waals surface area contributed by atoms with Crippen LogP contribution in [-0.4, -0.2) is 36.4 Å². The average molecular weight is 488 g/mol. The Morgan fingerprint density at radius 2 is 1.91 bits per heavy atom. The smallest absolute Gasteiger partial charge is 0.280 e. The maximum Gasteiger partial charge on any atom is 0.280 e. The quantitative estimate of drug-likeness (QED) is 0.410. The van der Waals surface area contributed by atoms with Crippen molar-refractivity contribution in [3.05, 3.63) is 46.0 Å². The van der Waals surface area contributed by atoms with Gasteiger partial charge in [-0.1, -0.05) is 0 Å². The third-order valence-corrected chi connectivity index (χ3v) is 6.45. The maximum atomic E-state index is 13.6. The van der Waals surface area contributed by atoms with Crippen LogP contribution in [0, 0.1) is 20.8 Å². The Balaban J connectivity index is 1.80. The molecule has 2 amide bonds. The normalized spacial score (nSPS) is 11.5. The number of pyridine rings is 1. The molecule has 178 valence electrons. The lowest BCUT2D eigenvalue weighted by molar-refractivity contribution is -0.116. The molecule has 0 bridgehead atoms. The van der Waals surface area contributed by atoms with Gasteiger partial charge in [0.2, 0.25) is 5.91 Å². The topological polar surface area (TPSA) is 121 Å². The fraction of sp³-hybridized carbons (Fsp3) is 0.318. The zero-order chi connectivity index (χ0) is 24.7. The molecule has 4 rings (SSSR count). The number of nitrogens with one attached hydrogen (secondary N) is 1. The molecule has 0 spiro atoms. The average Bonchev–Trinajstić information content (AvgIpc) is 3.39. The monoisotopic (exact) mass is 487 g/mol. The van der Waals surface area contributed by atoms with Crippen LogP contribution in [0.2, 0.25) is 0 Å². The molecule has 4 aromatic heterocycles. The lowest BCUT2D eigenvalue weighted by atomic mass is 10.0. The van der Waals surface area contributed by atoms with Gasteiger partial charge in [-0.25, -0.2) is 13.8 Å². The number of amides is 2. The minimum atomic E-state index is -2.82. The number of thiophene rings is 1. The first-order chi connectivity index (χ1) is 16.0. The summed E-state index contributed by atoms with van der Waals surface area (Å²) in [5, 5.41) is 11.8. The molecule has 0 aliphatic carbocycles. The molecule has 0 fully saturated rings. The van der Waals surface area contributed by atoms with Crippen molar-refractivity contribution in [3.8, 4) is 11.1 Å². The molecule has 0 unspecified atom stereocenters. The van der Waals surface area contributed by atoms with Crippen LogP contribution in [0.15, 0.2) is 18.3 Å². The molecule has 0 aliphatic rings. The van der Waals surface area contributed by atoms with Crippen LogP contribution < -0.4 is 11.1 Å². The lowest BCUT2D eigenvalue weighted by Crippen LogP contribution is -2.18. The van der Waals surface area contributed by atoms with Crippen molar-refractivity contribution >= 4 is 39.1 Å². The van der Waals surface area contributed by atoms with Gasteiger partial charge in [0.1, 0.15) is 15.4 Å². The predicted octanol–water partition coefficient (Wildman–Crippen LogP) is 3.88. The van der Waals surface area contributed by atoms with E-state index in [1.165, 1.54) is 6.07 Å². The fourth-order valence-electron chi connectivity index (χ4n) is 3.91. The van der Waals surface area contributed by atoms with Crippen molar-refractivity contribution in [2.24, 2.45) is 12.8 Å². The Kier molecular flexibility index (Phi) is 6.17. The van der Waals surface area contributed by atoms with Crippen LogP contribution in [0.25, 0.3) is 21.3 Å². The van der Waals surface area contributed by atoms with Crippen molar-refractivity contribution in [1.82, 2.24) is 24.5 Å². The van der Waals surface area contributed by atoms with E-state index in [4.69, 9.17) is 5.73 Å². The number of nitrogens with two attached hydrogens (primary N) is 1. The second kappa shape index (κ2) is 8.93. The maximum absolute atomic E-state index is 13.6. The largest absolute Gasteiger partial charge is 0.365 e. The van der Waals surface area contributed by atoms with Gasteiger partial charge in [0, 0.05) is 42.9 Å². The van der Waals surface area contributed by atoms with Crippen molar-refractivity contribution in [2.75, 3.05) is 5.32 Å². The van der Waals surface area contributed by atoms with Gasteiger partial charge in [-0.15, -0.1) is 11.3 Å².